The third-order valence-electron chi connectivity index (χ3n) is 3.41. The normalized spacial score (nSPS) is 9.96. The third kappa shape index (κ3) is 5.75. The lowest BCUT2D eigenvalue weighted by atomic mass is 10.1. The van der Waals surface area contributed by atoms with Gasteiger partial charge in [-0.2, -0.15) is 0 Å². The van der Waals surface area contributed by atoms with E-state index in [1.54, 1.807) is 13.2 Å². The average Bonchev–Trinajstić information content (AvgIpc) is 2.55. The summed E-state index contributed by atoms with van der Waals surface area (Å²) in [5.41, 5.74) is 3.56. The molecule has 0 amide bonds. The van der Waals surface area contributed by atoms with E-state index in [4.69, 9.17) is 21.1 Å². The fraction of sp³-hybridized carbons (Fsp3) is 0.263. The van der Waals surface area contributed by atoms with Gasteiger partial charge in [0, 0.05) is 13.1 Å². The molecule has 0 aromatic heterocycles. The summed E-state index contributed by atoms with van der Waals surface area (Å²) in [5, 5.41) is 3.95. The van der Waals surface area contributed by atoms with Crippen LogP contribution in [0.3, 0.4) is 0 Å². The van der Waals surface area contributed by atoms with Crippen LogP contribution in [0.25, 0.3) is 0 Å². The van der Waals surface area contributed by atoms with Crippen molar-refractivity contribution in [2.45, 2.75) is 20.0 Å². The van der Waals surface area contributed by atoms with Crippen LogP contribution in [0.1, 0.15) is 16.7 Å². The second-order valence-corrected chi connectivity index (χ2v) is 5.71. The lowest BCUT2D eigenvalue weighted by Crippen LogP contribution is -2.13. The van der Waals surface area contributed by atoms with Crippen molar-refractivity contribution in [2.24, 2.45) is 0 Å². The van der Waals surface area contributed by atoms with Gasteiger partial charge in [0.1, 0.15) is 6.61 Å². The van der Waals surface area contributed by atoms with Gasteiger partial charge in [0.2, 0.25) is 0 Å². The molecule has 2 aromatic carbocycles. The fourth-order valence-corrected chi connectivity index (χ4v) is 2.50. The zero-order valence-corrected chi connectivity index (χ0v) is 15.5. The van der Waals surface area contributed by atoms with Gasteiger partial charge in [-0.1, -0.05) is 54.1 Å². The number of ether oxygens (including phenoxy) is 2. The molecule has 3 nitrogen and oxygen atoms in total. The Hall–Kier alpha value is -1.68. The molecule has 24 heavy (non-hydrogen) atoms. The van der Waals surface area contributed by atoms with E-state index in [2.05, 4.69) is 43.1 Å². The zero-order valence-electron chi connectivity index (χ0n) is 14.0. The molecule has 0 saturated carbocycles. The van der Waals surface area contributed by atoms with Crippen molar-refractivity contribution in [3.63, 3.8) is 0 Å². The van der Waals surface area contributed by atoms with Crippen LogP contribution < -0.4 is 14.8 Å². The summed E-state index contributed by atoms with van der Waals surface area (Å²) in [6.07, 6.45) is 1.67. The van der Waals surface area contributed by atoms with Crippen LogP contribution in [0.4, 0.5) is 0 Å². The topological polar surface area (TPSA) is 30.5 Å². The maximum atomic E-state index is 6.30. The number of benzene rings is 2. The molecule has 0 aliphatic heterocycles. The van der Waals surface area contributed by atoms with Crippen molar-refractivity contribution >= 4 is 24.0 Å². The number of hydrogen-bond acceptors (Lipinski definition) is 3. The summed E-state index contributed by atoms with van der Waals surface area (Å²) in [7, 11) is 1.61. The van der Waals surface area contributed by atoms with Gasteiger partial charge >= 0.3 is 0 Å². The molecule has 2 aromatic rings. The summed E-state index contributed by atoms with van der Waals surface area (Å²) in [6, 6.07) is 12.3. The third-order valence-corrected chi connectivity index (χ3v) is 3.69. The van der Waals surface area contributed by atoms with E-state index < -0.39 is 0 Å². The molecule has 0 radical (unpaired) electrons. The van der Waals surface area contributed by atoms with E-state index in [0.29, 0.717) is 29.7 Å². The first-order chi connectivity index (χ1) is 11.1. The first-order valence-electron chi connectivity index (χ1n) is 7.50. The molecule has 5 heteroatoms. The van der Waals surface area contributed by atoms with Crippen molar-refractivity contribution in [1.29, 1.82) is 0 Å². The van der Waals surface area contributed by atoms with Gasteiger partial charge < -0.3 is 14.8 Å². The number of hydrogen-bond donors (Lipinski definition) is 1. The lowest BCUT2D eigenvalue weighted by Gasteiger charge is -2.13. The molecule has 0 saturated heterocycles. The van der Waals surface area contributed by atoms with Crippen molar-refractivity contribution in [2.75, 3.05) is 13.7 Å². The van der Waals surface area contributed by atoms with Crippen LogP contribution in [0.5, 0.6) is 11.5 Å². The van der Waals surface area contributed by atoms with Gasteiger partial charge in [-0.25, -0.2) is 0 Å². The second-order valence-electron chi connectivity index (χ2n) is 5.30. The summed E-state index contributed by atoms with van der Waals surface area (Å²) in [4.78, 5) is 0. The molecule has 2 rings (SSSR count). The smallest absolute Gasteiger partial charge is 0.180 e. The second kappa shape index (κ2) is 10.2. The Balaban J connectivity index is 0.00000288. The molecule has 0 heterocycles. The highest BCUT2D eigenvalue weighted by Crippen LogP contribution is 2.36. The van der Waals surface area contributed by atoms with Crippen LogP contribution in [0.15, 0.2) is 49.1 Å². The van der Waals surface area contributed by atoms with Crippen molar-refractivity contribution in [1.82, 2.24) is 5.32 Å². The standard InChI is InChI=1S/C19H22ClNO2.ClH/c1-4-9-23-19-17(20)10-16(11-18(19)22-3)13-21-12-15-7-5-14(2)6-8-15;/h4-8,10-11,21H,1,9,12-13H2,2-3H3;1H. The molecule has 1 N–H and O–H groups in total. The van der Waals surface area contributed by atoms with Gasteiger partial charge in [0.05, 0.1) is 12.1 Å². The summed E-state index contributed by atoms with van der Waals surface area (Å²) in [6.45, 7) is 7.61. The Morgan fingerprint density at radius 1 is 1.12 bits per heavy atom. The molecule has 0 atom stereocenters. The van der Waals surface area contributed by atoms with Gasteiger partial charge in [0.15, 0.2) is 11.5 Å². The molecule has 0 unspecified atom stereocenters. The van der Waals surface area contributed by atoms with Crippen molar-refractivity contribution < 1.29 is 9.47 Å². The Morgan fingerprint density at radius 2 is 1.79 bits per heavy atom. The summed E-state index contributed by atoms with van der Waals surface area (Å²) < 4.78 is 10.9. The number of nitrogens with one attached hydrogen (secondary N) is 1. The van der Waals surface area contributed by atoms with Crippen molar-refractivity contribution in [3.8, 4) is 11.5 Å². The zero-order chi connectivity index (χ0) is 16.7. The van der Waals surface area contributed by atoms with Gasteiger partial charge in [-0.05, 0) is 30.2 Å². The minimum absolute atomic E-state index is 0. The Morgan fingerprint density at radius 3 is 2.42 bits per heavy atom. The SMILES string of the molecule is C=CCOc1c(Cl)cc(CNCc2ccc(C)cc2)cc1OC.Cl. The molecular weight excluding hydrogens is 345 g/mol. The molecule has 0 bridgehead atoms. The molecule has 0 spiro atoms. The van der Waals surface area contributed by atoms with Gasteiger partial charge in [0.25, 0.3) is 0 Å². The average molecular weight is 368 g/mol. The van der Waals surface area contributed by atoms with Crippen LogP contribution in [-0.4, -0.2) is 13.7 Å². The van der Waals surface area contributed by atoms with Crippen molar-refractivity contribution in [3.05, 3.63) is 70.8 Å². The number of rotatable bonds is 8. The fourth-order valence-electron chi connectivity index (χ4n) is 2.21. The van der Waals surface area contributed by atoms with Gasteiger partial charge in [-0.3, -0.25) is 0 Å². The van der Waals surface area contributed by atoms with E-state index in [0.717, 1.165) is 12.1 Å². The molecule has 0 aliphatic carbocycles. The Kier molecular flexibility index (Phi) is 8.69. The van der Waals surface area contributed by atoms with Crippen LogP contribution in [0, 0.1) is 6.92 Å². The van der Waals surface area contributed by atoms with Crippen LogP contribution in [0.2, 0.25) is 5.02 Å². The minimum atomic E-state index is 0. The first-order valence-corrected chi connectivity index (χ1v) is 7.88. The van der Waals surface area contributed by atoms with E-state index in [1.165, 1.54) is 11.1 Å². The highest BCUT2D eigenvalue weighted by atomic mass is 35.5. The first kappa shape index (κ1) is 20.4. The molecular formula is C19H23Cl2NO2. The van der Waals surface area contributed by atoms with Crippen LogP contribution in [-0.2, 0) is 13.1 Å². The van der Waals surface area contributed by atoms with E-state index in [9.17, 15) is 0 Å². The quantitative estimate of drug-likeness (QED) is 0.670. The summed E-state index contributed by atoms with van der Waals surface area (Å²) >= 11 is 6.30. The highest BCUT2D eigenvalue weighted by Gasteiger charge is 2.11. The largest absolute Gasteiger partial charge is 0.493 e. The summed E-state index contributed by atoms with van der Waals surface area (Å²) in [5.74, 6) is 1.18. The maximum Gasteiger partial charge on any atom is 0.180 e. The number of halogens is 2. The maximum absolute atomic E-state index is 6.30. The van der Waals surface area contributed by atoms with E-state index >= 15 is 0 Å². The predicted molar refractivity (Wildman–Crippen MR) is 103 cm³/mol. The highest BCUT2D eigenvalue weighted by molar-refractivity contribution is 6.32. The number of methoxy groups -OCH3 is 1. The molecule has 0 aliphatic rings. The van der Waals surface area contributed by atoms with Gasteiger partial charge in [-0.15, -0.1) is 12.4 Å². The minimum Gasteiger partial charge on any atom is -0.493 e. The molecule has 0 fully saturated rings. The predicted octanol–water partition coefficient (Wildman–Crippen LogP) is 4.93. The van der Waals surface area contributed by atoms with E-state index in [-0.39, 0.29) is 12.4 Å². The van der Waals surface area contributed by atoms with E-state index in [1.807, 2.05) is 12.1 Å². The molecule has 130 valence electrons. The monoisotopic (exact) mass is 367 g/mol. The lowest BCUT2D eigenvalue weighted by molar-refractivity contribution is 0.326. The number of aryl methyl sites for hydroxylation is 1. The Labute approximate surface area is 155 Å². The van der Waals surface area contributed by atoms with Crippen LogP contribution >= 0.6 is 24.0 Å². The Bertz CT molecular complexity index is 657.